The Labute approximate surface area is 194 Å². The van der Waals surface area contributed by atoms with Crippen LogP contribution in [-0.4, -0.2) is 55.2 Å². The van der Waals surface area contributed by atoms with Gasteiger partial charge in [-0.15, -0.1) is 0 Å². The molecule has 0 spiro atoms. The zero-order valence-electron chi connectivity index (χ0n) is 19.8. The molecule has 2 aromatic carbocycles. The minimum atomic E-state index is -0.358. The molecule has 7 nitrogen and oxygen atoms in total. The summed E-state index contributed by atoms with van der Waals surface area (Å²) in [6.45, 7) is 5.89. The number of rotatable bonds is 7. The number of methoxy groups -OCH3 is 1. The van der Waals surface area contributed by atoms with Gasteiger partial charge in [-0.3, -0.25) is 0 Å². The first kappa shape index (κ1) is 22.7. The van der Waals surface area contributed by atoms with Gasteiger partial charge in [0.25, 0.3) is 0 Å². The SMILES string of the molecule is COC(=O)c1ccc2c(c1)-c1nc(Nc3ccc(OCCN(C)C)cc3)ncc1CC2(C)C. The first-order valence-electron chi connectivity index (χ1n) is 11.0. The molecule has 0 unspecified atom stereocenters. The van der Waals surface area contributed by atoms with Crippen LogP contribution in [-0.2, 0) is 16.6 Å². The Kier molecular flexibility index (Phi) is 6.33. The molecule has 1 aromatic heterocycles. The van der Waals surface area contributed by atoms with Gasteiger partial charge in [-0.2, -0.15) is 0 Å². The summed E-state index contributed by atoms with van der Waals surface area (Å²) in [5.74, 6) is 0.965. The van der Waals surface area contributed by atoms with Gasteiger partial charge in [0, 0.05) is 24.0 Å². The topological polar surface area (TPSA) is 76.6 Å². The lowest BCUT2D eigenvalue weighted by Crippen LogP contribution is -2.26. The van der Waals surface area contributed by atoms with Crippen LogP contribution in [0.3, 0.4) is 0 Å². The van der Waals surface area contributed by atoms with Gasteiger partial charge in [-0.25, -0.2) is 14.8 Å². The average molecular weight is 447 g/mol. The summed E-state index contributed by atoms with van der Waals surface area (Å²) in [6.07, 6.45) is 2.70. The van der Waals surface area contributed by atoms with E-state index in [1.165, 1.54) is 7.11 Å². The third-order valence-electron chi connectivity index (χ3n) is 5.84. The Morgan fingerprint density at radius 2 is 1.91 bits per heavy atom. The van der Waals surface area contributed by atoms with E-state index in [1.54, 1.807) is 0 Å². The van der Waals surface area contributed by atoms with Crippen LogP contribution in [0.25, 0.3) is 11.3 Å². The lowest BCUT2D eigenvalue weighted by atomic mass is 9.71. The maximum absolute atomic E-state index is 12.1. The standard InChI is InChI=1S/C26H30N4O3/c1-26(2)15-18-16-27-25(28-19-7-9-20(10-8-19)33-13-12-30(3)4)29-23(18)21-14-17(24(31)32-5)6-11-22(21)26/h6-11,14,16H,12-13,15H2,1-5H3,(H,27,28,29). The molecule has 4 rings (SSSR count). The molecule has 7 heteroatoms. The van der Waals surface area contributed by atoms with Crippen LogP contribution in [0.2, 0.25) is 0 Å². The highest BCUT2D eigenvalue weighted by atomic mass is 16.5. The molecule has 172 valence electrons. The normalized spacial score (nSPS) is 13.8. The minimum absolute atomic E-state index is 0.0856. The number of carbonyl (C=O) groups excluding carboxylic acids is 1. The van der Waals surface area contributed by atoms with Crippen molar-refractivity contribution in [3.8, 4) is 17.0 Å². The fraction of sp³-hybridized carbons (Fsp3) is 0.346. The number of ether oxygens (including phenoxy) is 2. The summed E-state index contributed by atoms with van der Waals surface area (Å²) >= 11 is 0. The van der Waals surface area contributed by atoms with Crippen molar-refractivity contribution in [2.45, 2.75) is 25.7 Å². The van der Waals surface area contributed by atoms with Crippen molar-refractivity contribution in [1.29, 1.82) is 0 Å². The predicted molar refractivity (Wildman–Crippen MR) is 129 cm³/mol. The van der Waals surface area contributed by atoms with E-state index in [9.17, 15) is 4.79 Å². The van der Waals surface area contributed by atoms with Crippen LogP contribution in [0.1, 0.15) is 35.3 Å². The maximum Gasteiger partial charge on any atom is 0.337 e. The summed E-state index contributed by atoms with van der Waals surface area (Å²) in [4.78, 5) is 23.6. The van der Waals surface area contributed by atoms with E-state index < -0.39 is 0 Å². The van der Waals surface area contributed by atoms with E-state index in [0.29, 0.717) is 18.1 Å². The first-order valence-corrected chi connectivity index (χ1v) is 11.0. The number of likely N-dealkylation sites (N-methyl/N-ethyl adjacent to an activating group) is 1. The molecule has 1 heterocycles. The van der Waals surface area contributed by atoms with Gasteiger partial charge in [-0.05, 0) is 73.5 Å². The van der Waals surface area contributed by atoms with Crippen molar-refractivity contribution in [1.82, 2.24) is 14.9 Å². The van der Waals surface area contributed by atoms with Crippen LogP contribution in [0.4, 0.5) is 11.6 Å². The molecular formula is C26H30N4O3. The van der Waals surface area contributed by atoms with Crippen molar-refractivity contribution < 1.29 is 14.3 Å². The second kappa shape index (κ2) is 9.19. The Balaban J connectivity index is 1.59. The molecule has 0 radical (unpaired) electrons. The molecule has 0 saturated heterocycles. The molecule has 0 fully saturated rings. The Morgan fingerprint density at radius 1 is 1.15 bits per heavy atom. The van der Waals surface area contributed by atoms with Crippen LogP contribution in [0.5, 0.6) is 5.75 Å². The highest BCUT2D eigenvalue weighted by molar-refractivity contribution is 5.92. The maximum atomic E-state index is 12.1. The van der Waals surface area contributed by atoms with Crippen LogP contribution >= 0.6 is 0 Å². The number of esters is 1. The smallest absolute Gasteiger partial charge is 0.337 e. The molecule has 0 amide bonds. The molecule has 1 N–H and O–H groups in total. The predicted octanol–water partition coefficient (Wildman–Crippen LogP) is 4.45. The van der Waals surface area contributed by atoms with Gasteiger partial charge in [0.05, 0.1) is 18.4 Å². The zero-order valence-corrected chi connectivity index (χ0v) is 19.8. The van der Waals surface area contributed by atoms with E-state index in [2.05, 4.69) is 29.0 Å². The van der Waals surface area contributed by atoms with Crippen molar-refractivity contribution >= 4 is 17.6 Å². The molecule has 0 saturated carbocycles. The number of fused-ring (bicyclic) bond motifs is 3. The van der Waals surface area contributed by atoms with Crippen LogP contribution < -0.4 is 10.1 Å². The van der Waals surface area contributed by atoms with E-state index in [-0.39, 0.29) is 11.4 Å². The molecule has 3 aromatic rings. The zero-order chi connectivity index (χ0) is 23.6. The summed E-state index contributed by atoms with van der Waals surface area (Å²) in [6, 6.07) is 13.4. The van der Waals surface area contributed by atoms with Crippen molar-refractivity contribution in [3.63, 3.8) is 0 Å². The molecular weight excluding hydrogens is 416 g/mol. The van der Waals surface area contributed by atoms with E-state index >= 15 is 0 Å². The average Bonchev–Trinajstić information content (AvgIpc) is 2.79. The van der Waals surface area contributed by atoms with Gasteiger partial charge in [0.15, 0.2) is 0 Å². The second-order valence-corrected chi connectivity index (χ2v) is 9.18. The summed E-state index contributed by atoms with van der Waals surface area (Å²) in [5.41, 5.74) is 5.30. The van der Waals surface area contributed by atoms with Gasteiger partial charge in [0.2, 0.25) is 5.95 Å². The lowest BCUT2D eigenvalue weighted by Gasteiger charge is -2.33. The van der Waals surface area contributed by atoms with E-state index in [4.69, 9.17) is 14.5 Å². The highest BCUT2D eigenvalue weighted by Crippen LogP contribution is 2.42. The molecule has 0 bridgehead atoms. The number of hydrogen-bond acceptors (Lipinski definition) is 7. The van der Waals surface area contributed by atoms with Gasteiger partial charge >= 0.3 is 5.97 Å². The van der Waals surface area contributed by atoms with Crippen LogP contribution in [0.15, 0.2) is 48.7 Å². The van der Waals surface area contributed by atoms with Gasteiger partial charge in [0.1, 0.15) is 12.4 Å². The molecule has 1 aliphatic rings. The number of carbonyl (C=O) groups is 1. The number of nitrogens with zero attached hydrogens (tertiary/aromatic N) is 3. The fourth-order valence-electron chi connectivity index (χ4n) is 4.09. The van der Waals surface area contributed by atoms with Crippen molar-refractivity contribution in [2.75, 3.05) is 39.7 Å². The number of benzene rings is 2. The van der Waals surface area contributed by atoms with Crippen molar-refractivity contribution in [2.24, 2.45) is 0 Å². The quantitative estimate of drug-likeness (QED) is 0.538. The Hall–Kier alpha value is -3.45. The highest BCUT2D eigenvalue weighted by Gasteiger charge is 2.33. The number of hydrogen-bond donors (Lipinski definition) is 1. The monoisotopic (exact) mass is 446 g/mol. The summed E-state index contributed by atoms with van der Waals surface area (Å²) in [7, 11) is 5.43. The lowest BCUT2D eigenvalue weighted by molar-refractivity contribution is 0.0600. The van der Waals surface area contributed by atoms with E-state index in [1.807, 2.05) is 62.8 Å². The van der Waals surface area contributed by atoms with E-state index in [0.717, 1.165) is 46.8 Å². The summed E-state index contributed by atoms with van der Waals surface area (Å²) in [5, 5.41) is 3.28. The van der Waals surface area contributed by atoms with Gasteiger partial charge in [-0.1, -0.05) is 19.9 Å². The first-order chi connectivity index (χ1) is 15.8. The molecule has 0 aliphatic heterocycles. The fourth-order valence-corrected chi connectivity index (χ4v) is 4.09. The minimum Gasteiger partial charge on any atom is -0.492 e. The van der Waals surface area contributed by atoms with Crippen molar-refractivity contribution in [3.05, 3.63) is 65.4 Å². The van der Waals surface area contributed by atoms with Gasteiger partial charge < -0.3 is 19.7 Å². The molecule has 0 atom stereocenters. The van der Waals surface area contributed by atoms with Crippen LogP contribution in [0, 0.1) is 0 Å². The summed E-state index contributed by atoms with van der Waals surface area (Å²) < 4.78 is 10.7. The second-order valence-electron chi connectivity index (χ2n) is 9.18. The third kappa shape index (κ3) is 4.98. The molecule has 1 aliphatic carbocycles. The Morgan fingerprint density at radius 3 is 2.61 bits per heavy atom. The molecule has 33 heavy (non-hydrogen) atoms. The largest absolute Gasteiger partial charge is 0.492 e. The number of anilines is 2. The number of aromatic nitrogens is 2. The number of nitrogens with one attached hydrogen (secondary N) is 1. The third-order valence-corrected chi connectivity index (χ3v) is 5.84. The Bertz CT molecular complexity index is 1160.